The number of nitrogens with two attached hydrogens (primary N) is 1. The molecule has 0 aliphatic carbocycles. The van der Waals surface area contributed by atoms with Gasteiger partial charge in [-0.1, -0.05) is 22.9 Å². The van der Waals surface area contributed by atoms with Crippen molar-refractivity contribution in [1.29, 1.82) is 0 Å². The van der Waals surface area contributed by atoms with Crippen LogP contribution >= 0.6 is 31.9 Å². The van der Waals surface area contributed by atoms with E-state index < -0.39 is 0 Å². The molecule has 0 atom stereocenters. The fourth-order valence-corrected chi connectivity index (χ4v) is 2.55. The lowest BCUT2D eigenvalue weighted by Crippen LogP contribution is -2.02. The minimum Gasteiger partial charge on any atom is -0.497 e. The molecule has 0 aliphatic heterocycles. The van der Waals surface area contributed by atoms with Gasteiger partial charge < -0.3 is 10.5 Å². The maximum Gasteiger partial charge on any atom is 0.163 e. The van der Waals surface area contributed by atoms with Crippen LogP contribution in [0.2, 0.25) is 0 Å². The lowest BCUT2D eigenvalue weighted by atomic mass is 10.2. The summed E-state index contributed by atoms with van der Waals surface area (Å²) >= 11 is 6.91. The van der Waals surface area contributed by atoms with Gasteiger partial charge in [-0.15, -0.1) is 0 Å². The highest BCUT2D eigenvalue weighted by atomic mass is 79.9. The first-order valence-electron chi connectivity index (χ1n) is 5.72. The van der Waals surface area contributed by atoms with Crippen molar-refractivity contribution in [3.8, 4) is 17.1 Å². The Kier molecular flexibility index (Phi) is 4.42. The second-order valence-electron chi connectivity index (χ2n) is 3.89. The number of rotatable bonds is 3. The second-order valence-corrected chi connectivity index (χ2v) is 5.54. The Morgan fingerprint density at radius 2 is 2.00 bits per heavy atom. The zero-order valence-electron chi connectivity index (χ0n) is 10.6. The fourth-order valence-electron chi connectivity index (χ4n) is 1.67. The summed E-state index contributed by atoms with van der Waals surface area (Å²) in [5.41, 5.74) is 7.65. The van der Waals surface area contributed by atoms with Crippen LogP contribution < -0.4 is 10.5 Å². The van der Waals surface area contributed by atoms with E-state index in [1.807, 2.05) is 25.1 Å². The minimum atomic E-state index is 0.441. The monoisotopic (exact) mass is 385 g/mol. The summed E-state index contributed by atoms with van der Waals surface area (Å²) in [4.78, 5) is 8.86. The number of aryl methyl sites for hydroxylation is 1. The van der Waals surface area contributed by atoms with Crippen LogP contribution in [0.1, 0.15) is 12.6 Å². The fraction of sp³-hybridized carbons (Fsp3) is 0.231. The number of halogens is 2. The molecule has 2 N–H and O–H groups in total. The van der Waals surface area contributed by atoms with Gasteiger partial charge in [0.05, 0.1) is 17.3 Å². The Hall–Kier alpha value is -1.14. The third kappa shape index (κ3) is 2.90. The summed E-state index contributed by atoms with van der Waals surface area (Å²) in [5.74, 6) is 1.78. The molecule has 2 aromatic rings. The van der Waals surface area contributed by atoms with Gasteiger partial charge in [0, 0.05) is 10.0 Å². The molecular weight excluding hydrogens is 374 g/mol. The molecule has 2 rings (SSSR count). The molecule has 0 spiro atoms. The summed E-state index contributed by atoms with van der Waals surface area (Å²) in [6, 6.07) is 5.66. The molecule has 0 unspecified atom stereocenters. The van der Waals surface area contributed by atoms with Crippen LogP contribution in [0.4, 0.5) is 5.82 Å². The van der Waals surface area contributed by atoms with Gasteiger partial charge in [-0.2, -0.15) is 0 Å². The Morgan fingerprint density at radius 1 is 1.26 bits per heavy atom. The molecule has 0 bridgehead atoms. The molecule has 0 fully saturated rings. The molecule has 6 heteroatoms. The largest absolute Gasteiger partial charge is 0.497 e. The van der Waals surface area contributed by atoms with Crippen molar-refractivity contribution in [1.82, 2.24) is 9.97 Å². The maximum atomic E-state index is 5.91. The van der Waals surface area contributed by atoms with Crippen LogP contribution in [0.3, 0.4) is 0 Å². The highest BCUT2D eigenvalue weighted by molar-refractivity contribution is 9.11. The van der Waals surface area contributed by atoms with Crippen molar-refractivity contribution in [3.63, 3.8) is 0 Å². The Balaban J connectivity index is 2.61. The predicted molar refractivity (Wildman–Crippen MR) is 83.2 cm³/mol. The van der Waals surface area contributed by atoms with E-state index in [1.165, 1.54) is 0 Å². The molecule has 100 valence electrons. The van der Waals surface area contributed by atoms with Crippen molar-refractivity contribution in [2.24, 2.45) is 0 Å². The predicted octanol–water partition coefficient (Wildman–Crippen LogP) is 3.82. The lowest BCUT2D eigenvalue weighted by Gasteiger charge is -2.10. The first-order chi connectivity index (χ1) is 9.06. The lowest BCUT2D eigenvalue weighted by molar-refractivity contribution is 0.415. The Labute approximate surface area is 128 Å². The van der Waals surface area contributed by atoms with Gasteiger partial charge in [-0.05, 0) is 40.5 Å². The summed E-state index contributed by atoms with van der Waals surface area (Å²) in [7, 11) is 1.63. The number of hydrogen-bond donors (Lipinski definition) is 1. The first-order valence-corrected chi connectivity index (χ1v) is 7.31. The zero-order chi connectivity index (χ0) is 14.0. The summed E-state index contributed by atoms with van der Waals surface area (Å²) in [5, 5.41) is 0. The normalized spacial score (nSPS) is 10.5. The van der Waals surface area contributed by atoms with Crippen molar-refractivity contribution in [2.75, 3.05) is 12.8 Å². The molecule has 1 aromatic carbocycles. The molecule has 1 aromatic heterocycles. The van der Waals surface area contributed by atoms with E-state index in [1.54, 1.807) is 7.11 Å². The molecule has 0 aliphatic rings. The molecule has 0 saturated carbocycles. The van der Waals surface area contributed by atoms with Crippen LogP contribution in [0.15, 0.2) is 27.1 Å². The molecule has 4 nitrogen and oxygen atoms in total. The Bertz CT molecular complexity index is 617. The number of aromatic nitrogens is 2. The van der Waals surface area contributed by atoms with Crippen molar-refractivity contribution in [3.05, 3.63) is 32.8 Å². The number of benzene rings is 1. The van der Waals surface area contributed by atoms with Gasteiger partial charge in [0.15, 0.2) is 5.82 Å². The van der Waals surface area contributed by atoms with Gasteiger partial charge in [0.25, 0.3) is 0 Å². The van der Waals surface area contributed by atoms with E-state index in [-0.39, 0.29) is 0 Å². The minimum absolute atomic E-state index is 0.441. The number of ether oxygens (including phenoxy) is 1. The van der Waals surface area contributed by atoms with Crippen LogP contribution in [0.25, 0.3) is 11.4 Å². The van der Waals surface area contributed by atoms with E-state index in [0.29, 0.717) is 11.6 Å². The molecule has 0 radical (unpaired) electrons. The molecule has 19 heavy (non-hydrogen) atoms. The van der Waals surface area contributed by atoms with Crippen molar-refractivity contribution >= 4 is 37.7 Å². The smallest absolute Gasteiger partial charge is 0.163 e. The molecule has 1 heterocycles. The summed E-state index contributed by atoms with van der Waals surface area (Å²) < 4.78 is 6.89. The van der Waals surface area contributed by atoms with Crippen LogP contribution in [-0.2, 0) is 6.42 Å². The van der Waals surface area contributed by atoms with E-state index in [2.05, 4.69) is 41.8 Å². The Morgan fingerprint density at radius 3 is 2.63 bits per heavy atom. The van der Waals surface area contributed by atoms with Gasteiger partial charge in [0.1, 0.15) is 11.6 Å². The van der Waals surface area contributed by atoms with Gasteiger partial charge in [-0.3, -0.25) is 0 Å². The van der Waals surface area contributed by atoms with E-state index in [9.17, 15) is 0 Å². The van der Waals surface area contributed by atoms with Crippen molar-refractivity contribution in [2.45, 2.75) is 13.3 Å². The molecular formula is C13H13Br2N3O. The third-order valence-corrected chi connectivity index (χ3v) is 4.25. The van der Waals surface area contributed by atoms with Crippen LogP contribution in [0, 0.1) is 0 Å². The summed E-state index contributed by atoms with van der Waals surface area (Å²) in [6.07, 6.45) is 0.780. The number of methoxy groups -OCH3 is 1. The highest BCUT2D eigenvalue weighted by Gasteiger charge is 2.13. The van der Waals surface area contributed by atoms with Gasteiger partial charge in [-0.25, -0.2) is 9.97 Å². The van der Waals surface area contributed by atoms with Gasteiger partial charge in [0.2, 0.25) is 0 Å². The van der Waals surface area contributed by atoms with E-state index >= 15 is 0 Å². The third-order valence-electron chi connectivity index (χ3n) is 2.69. The number of hydrogen-bond acceptors (Lipinski definition) is 4. The van der Waals surface area contributed by atoms with Crippen LogP contribution in [0.5, 0.6) is 5.75 Å². The summed E-state index contributed by atoms with van der Waals surface area (Å²) in [6.45, 7) is 2.02. The first kappa shape index (κ1) is 14.3. The van der Waals surface area contributed by atoms with Gasteiger partial charge >= 0.3 is 0 Å². The second kappa shape index (κ2) is 5.88. The number of nitrogen functional groups attached to an aromatic ring is 1. The average Bonchev–Trinajstić information content (AvgIpc) is 2.42. The topological polar surface area (TPSA) is 61.0 Å². The average molecular weight is 387 g/mol. The standard InChI is InChI=1S/C13H13Br2N3O/c1-3-10-11(15)12(16)18-13(17-10)8-6-7(19-2)4-5-9(8)14/h4-6H,3H2,1-2H3,(H2,16,17,18). The van der Waals surface area contributed by atoms with Crippen molar-refractivity contribution < 1.29 is 4.74 Å². The van der Waals surface area contributed by atoms with E-state index in [4.69, 9.17) is 10.5 Å². The van der Waals surface area contributed by atoms with E-state index in [0.717, 1.165) is 32.4 Å². The molecule has 0 saturated heterocycles. The highest BCUT2D eigenvalue weighted by Crippen LogP contribution is 2.32. The maximum absolute atomic E-state index is 5.91. The number of anilines is 1. The molecule has 0 amide bonds. The SMILES string of the molecule is CCc1nc(-c2cc(OC)ccc2Br)nc(N)c1Br. The quantitative estimate of drug-likeness (QED) is 0.870. The zero-order valence-corrected chi connectivity index (χ0v) is 13.7. The number of nitrogens with zero attached hydrogens (tertiary/aromatic N) is 2. The van der Waals surface area contributed by atoms with Crippen LogP contribution in [-0.4, -0.2) is 17.1 Å².